The zero-order valence-corrected chi connectivity index (χ0v) is 14.2. The van der Waals surface area contributed by atoms with Crippen molar-refractivity contribution in [2.45, 2.75) is 39.8 Å². The van der Waals surface area contributed by atoms with Gasteiger partial charge >= 0.3 is 0 Å². The van der Waals surface area contributed by atoms with Gasteiger partial charge in [-0.05, 0) is 51.1 Å². The van der Waals surface area contributed by atoms with Crippen molar-refractivity contribution in [3.8, 4) is 0 Å². The molecule has 1 heterocycles. The fraction of sp³-hybridized carbons (Fsp3) is 0.438. The summed E-state index contributed by atoms with van der Waals surface area (Å²) < 4.78 is 17.1. The summed E-state index contributed by atoms with van der Waals surface area (Å²) in [5.41, 5.74) is 2.60. The third kappa shape index (κ3) is 3.71. The first-order valence-corrected chi connectivity index (χ1v) is 8.08. The zero-order chi connectivity index (χ0) is 15.4. The Balaban J connectivity index is 2.49. The maximum atomic E-state index is 14.3. The topological polar surface area (TPSA) is 29.9 Å². The zero-order valence-electron chi connectivity index (χ0n) is 12.7. The Kier molecular flexibility index (Phi) is 5.53. The Morgan fingerprint density at radius 3 is 2.76 bits per heavy atom. The lowest BCUT2D eigenvalue weighted by Gasteiger charge is -2.21. The molecule has 21 heavy (non-hydrogen) atoms. The number of nitrogens with one attached hydrogen (secondary N) is 1. The van der Waals surface area contributed by atoms with Gasteiger partial charge in [0.2, 0.25) is 0 Å². The van der Waals surface area contributed by atoms with Crippen molar-refractivity contribution < 1.29 is 4.39 Å². The van der Waals surface area contributed by atoms with E-state index in [2.05, 4.69) is 33.3 Å². The van der Waals surface area contributed by atoms with Gasteiger partial charge in [0.15, 0.2) is 0 Å². The van der Waals surface area contributed by atoms with Gasteiger partial charge < -0.3 is 5.32 Å². The molecule has 0 fully saturated rings. The molecular weight excluding hydrogens is 333 g/mol. The fourth-order valence-electron chi connectivity index (χ4n) is 2.45. The van der Waals surface area contributed by atoms with E-state index in [9.17, 15) is 4.39 Å². The van der Waals surface area contributed by atoms with Gasteiger partial charge in [0.25, 0.3) is 0 Å². The molecule has 1 unspecified atom stereocenters. The highest BCUT2D eigenvalue weighted by Gasteiger charge is 2.21. The number of hydrogen-bond donors (Lipinski definition) is 1. The van der Waals surface area contributed by atoms with Crippen molar-refractivity contribution in [3.63, 3.8) is 0 Å². The van der Waals surface area contributed by atoms with Crippen molar-refractivity contribution in [1.29, 1.82) is 0 Å². The van der Waals surface area contributed by atoms with Gasteiger partial charge in [0.05, 0.1) is 17.4 Å². The quantitative estimate of drug-likeness (QED) is 0.843. The molecule has 2 rings (SSSR count). The van der Waals surface area contributed by atoms with E-state index in [0.717, 1.165) is 35.4 Å². The fourth-order valence-corrected chi connectivity index (χ4v) is 2.83. The summed E-state index contributed by atoms with van der Waals surface area (Å²) in [4.78, 5) is 0. The second kappa shape index (κ2) is 7.18. The van der Waals surface area contributed by atoms with Crippen LogP contribution in [-0.2, 0) is 6.54 Å². The molecule has 1 atom stereocenters. The molecule has 0 aliphatic rings. The number of benzene rings is 1. The molecule has 1 aromatic carbocycles. The van der Waals surface area contributed by atoms with E-state index in [1.54, 1.807) is 6.07 Å². The van der Waals surface area contributed by atoms with Crippen molar-refractivity contribution in [2.75, 3.05) is 6.54 Å². The lowest BCUT2D eigenvalue weighted by Crippen LogP contribution is -2.26. The van der Waals surface area contributed by atoms with Crippen molar-refractivity contribution in [3.05, 3.63) is 51.5 Å². The van der Waals surface area contributed by atoms with Gasteiger partial charge in [-0.2, -0.15) is 5.10 Å². The molecule has 0 saturated carbocycles. The molecule has 2 aromatic rings. The van der Waals surface area contributed by atoms with E-state index >= 15 is 0 Å². The summed E-state index contributed by atoms with van der Waals surface area (Å²) in [6.45, 7) is 7.70. The van der Waals surface area contributed by atoms with Crippen molar-refractivity contribution in [2.24, 2.45) is 0 Å². The molecule has 3 nitrogen and oxygen atoms in total. The second-order valence-electron chi connectivity index (χ2n) is 5.08. The minimum Gasteiger partial charge on any atom is -0.305 e. The number of nitrogens with zero attached hydrogens (tertiary/aromatic N) is 2. The molecule has 1 N–H and O–H groups in total. The van der Waals surface area contributed by atoms with E-state index in [-0.39, 0.29) is 11.9 Å². The lowest BCUT2D eigenvalue weighted by atomic mass is 10.0. The van der Waals surface area contributed by atoms with Crippen LogP contribution in [0.25, 0.3) is 0 Å². The Morgan fingerprint density at radius 1 is 1.33 bits per heavy atom. The number of aromatic nitrogens is 2. The highest BCUT2D eigenvalue weighted by atomic mass is 79.9. The van der Waals surface area contributed by atoms with Gasteiger partial charge in [0.1, 0.15) is 5.82 Å². The maximum absolute atomic E-state index is 14.3. The molecule has 0 bridgehead atoms. The van der Waals surface area contributed by atoms with Crippen LogP contribution in [0.15, 0.2) is 28.7 Å². The van der Waals surface area contributed by atoms with Crippen LogP contribution in [0.5, 0.6) is 0 Å². The highest BCUT2D eigenvalue weighted by molar-refractivity contribution is 9.10. The molecule has 0 aliphatic heterocycles. The van der Waals surface area contributed by atoms with Crippen LogP contribution >= 0.6 is 15.9 Å². The minimum absolute atomic E-state index is 0.191. The van der Waals surface area contributed by atoms with E-state index in [4.69, 9.17) is 0 Å². The summed E-state index contributed by atoms with van der Waals surface area (Å²) in [7, 11) is 0. The lowest BCUT2D eigenvalue weighted by molar-refractivity contribution is 0.505. The first-order valence-electron chi connectivity index (χ1n) is 7.29. The van der Waals surface area contributed by atoms with Crippen LogP contribution in [0.3, 0.4) is 0 Å². The van der Waals surface area contributed by atoms with Gasteiger partial charge in [-0.3, -0.25) is 4.68 Å². The summed E-state index contributed by atoms with van der Waals surface area (Å²) in [5.74, 6) is -0.201. The molecular formula is C16H21BrFN3. The third-order valence-corrected chi connectivity index (χ3v) is 3.89. The Hall–Kier alpha value is -1.20. The van der Waals surface area contributed by atoms with Gasteiger partial charge in [-0.1, -0.05) is 22.9 Å². The largest absolute Gasteiger partial charge is 0.305 e. The normalized spacial score (nSPS) is 12.6. The standard InChI is InChI=1S/C16H21BrFN3/c1-4-8-19-16(13-10-12(17)6-7-14(13)18)15-9-11(3)20-21(15)5-2/h6-7,9-10,16,19H,4-5,8H2,1-3H3. The Labute approximate surface area is 133 Å². The maximum Gasteiger partial charge on any atom is 0.128 e. The van der Waals surface area contributed by atoms with E-state index in [1.165, 1.54) is 6.07 Å². The number of hydrogen-bond acceptors (Lipinski definition) is 2. The van der Waals surface area contributed by atoms with Crippen LogP contribution < -0.4 is 5.32 Å². The Bertz CT molecular complexity index is 610. The predicted molar refractivity (Wildman–Crippen MR) is 86.9 cm³/mol. The molecule has 1 aromatic heterocycles. The SMILES string of the molecule is CCCNC(c1cc(Br)ccc1F)c1cc(C)nn1CC. The number of rotatable bonds is 6. The number of aryl methyl sites for hydroxylation is 2. The summed E-state index contributed by atoms with van der Waals surface area (Å²) >= 11 is 3.43. The first kappa shape index (κ1) is 16.2. The first-order chi connectivity index (χ1) is 10.1. The summed E-state index contributed by atoms with van der Waals surface area (Å²) in [5, 5.41) is 7.91. The summed E-state index contributed by atoms with van der Waals surface area (Å²) in [6, 6.07) is 6.89. The molecule has 0 saturated heterocycles. The summed E-state index contributed by atoms with van der Waals surface area (Å²) in [6.07, 6.45) is 0.991. The van der Waals surface area contributed by atoms with Crippen LogP contribution in [0.2, 0.25) is 0 Å². The predicted octanol–water partition coefficient (Wildman–Crippen LogP) is 4.20. The number of halogens is 2. The molecule has 0 amide bonds. The third-order valence-electron chi connectivity index (χ3n) is 3.40. The minimum atomic E-state index is -0.201. The van der Waals surface area contributed by atoms with Crippen molar-refractivity contribution in [1.82, 2.24) is 15.1 Å². The van der Waals surface area contributed by atoms with E-state index in [1.807, 2.05) is 30.7 Å². The molecule has 5 heteroatoms. The smallest absolute Gasteiger partial charge is 0.128 e. The van der Waals surface area contributed by atoms with Crippen LogP contribution in [0.1, 0.15) is 43.3 Å². The van der Waals surface area contributed by atoms with Gasteiger partial charge in [0, 0.05) is 16.6 Å². The monoisotopic (exact) mass is 353 g/mol. The second-order valence-corrected chi connectivity index (χ2v) is 5.99. The van der Waals surface area contributed by atoms with Crippen molar-refractivity contribution >= 4 is 15.9 Å². The van der Waals surface area contributed by atoms with Gasteiger partial charge in [-0.25, -0.2) is 4.39 Å². The molecule has 114 valence electrons. The molecule has 0 radical (unpaired) electrons. The van der Waals surface area contributed by atoms with E-state index < -0.39 is 0 Å². The molecule has 0 spiro atoms. The van der Waals surface area contributed by atoms with E-state index in [0.29, 0.717) is 5.56 Å². The van der Waals surface area contributed by atoms with Crippen LogP contribution in [0, 0.1) is 12.7 Å². The van der Waals surface area contributed by atoms with Gasteiger partial charge in [-0.15, -0.1) is 0 Å². The Morgan fingerprint density at radius 2 is 2.10 bits per heavy atom. The molecule has 0 aliphatic carbocycles. The average molecular weight is 354 g/mol. The van der Waals surface area contributed by atoms with Crippen LogP contribution in [-0.4, -0.2) is 16.3 Å². The highest BCUT2D eigenvalue weighted by Crippen LogP contribution is 2.28. The average Bonchev–Trinajstić information content (AvgIpc) is 2.84. The van der Waals surface area contributed by atoms with Crippen LogP contribution in [0.4, 0.5) is 4.39 Å².